The first-order valence-corrected chi connectivity index (χ1v) is 11.8. The third kappa shape index (κ3) is 9.17. The Morgan fingerprint density at radius 3 is 2.06 bits per heavy atom. The fourth-order valence-corrected chi connectivity index (χ4v) is 2.83. The summed E-state index contributed by atoms with van der Waals surface area (Å²) in [7, 11) is 0. The van der Waals surface area contributed by atoms with Gasteiger partial charge in [0.2, 0.25) is 17.7 Å². The van der Waals surface area contributed by atoms with Crippen molar-refractivity contribution in [1.82, 2.24) is 10.6 Å². The van der Waals surface area contributed by atoms with Gasteiger partial charge in [-0.2, -0.15) is 0 Å². The molecule has 4 amide bonds. The van der Waals surface area contributed by atoms with Crippen molar-refractivity contribution in [3.63, 3.8) is 0 Å². The summed E-state index contributed by atoms with van der Waals surface area (Å²) in [5, 5.41) is 10.3. The predicted molar refractivity (Wildman–Crippen MR) is 134 cm³/mol. The van der Waals surface area contributed by atoms with E-state index in [0.29, 0.717) is 21.4 Å². The summed E-state index contributed by atoms with van der Waals surface area (Å²) < 4.78 is 5.22. The molecule has 0 aliphatic rings. The van der Waals surface area contributed by atoms with Crippen molar-refractivity contribution in [1.29, 1.82) is 0 Å². The zero-order valence-corrected chi connectivity index (χ0v) is 20.8. The van der Waals surface area contributed by atoms with Gasteiger partial charge in [-0.15, -0.1) is 0 Å². The maximum Gasteiger partial charge on any atom is 0.302 e. The molecule has 0 aliphatic heterocycles. The Balaban J connectivity index is 1.77. The third-order valence-corrected chi connectivity index (χ3v) is 5.09. The fraction of sp³-hybridized carbons (Fsp3) is 0.261. The summed E-state index contributed by atoms with van der Waals surface area (Å²) in [6, 6.07) is 12.1. The minimum absolute atomic E-state index is 0.140. The van der Waals surface area contributed by atoms with Crippen LogP contribution in [0.2, 0.25) is 0 Å². The van der Waals surface area contributed by atoms with Crippen LogP contribution in [0.15, 0.2) is 48.5 Å². The Morgan fingerprint density at radius 1 is 0.882 bits per heavy atom. The standard InChI is InChI=1S/C23H25IN4O6/c1-14(22(32)28-19-7-3-16(4-8-19)13-34-15(2)29)26-21(31)12-25-23(33)17-5-9-18(10-6-17)27-20(30)11-24/h3-10,14H,11-13H2,1-2H3,(H,25,33)(H,26,31)(H,27,30)(H,28,32)/t14-/m0/s1. The number of amides is 4. The molecule has 0 spiro atoms. The molecule has 34 heavy (non-hydrogen) atoms. The van der Waals surface area contributed by atoms with Crippen LogP contribution in [0.4, 0.5) is 11.4 Å². The van der Waals surface area contributed by atoms with Crippen molar-refractivity contribution in [2.75, 3.05) is 21.6 Å². The highest BCUT2D eigenvalue weighted by atomic mass is 127. The number of alkyl halides is 1. The Kier molecular flexibility index (Phi) is 10.5. The smallest absolute Gasteiger partial charge is 0.302 e. The largest absolute Gasteiger partial charge is 0.461 e. The lowest BCUT2D eigenvalue weighted by atomic mass is 10.2. The van der Waals surface area contributed by atoms with E-state index in [9.17, 15) is 24.0 Å². The molecule has 0 saturated heterocycles. The maximum absolute atomic E-state index is 12.3. The fourth-order valence-electron chi connectivity index (χ4n) is 2.64. The molecule has 0 heterocycles. The van der Waals surface area contributed by atoms with Crippen LogP contribution in [0.25, 0.3) is 0 Å². The van der Waals surface area contributed by atoms with Gasteiger partial charge in [0.05, 0.1) is 11.0 Å². The van der Waals surface area contributed by atoms with Crippen LogP contribution in [0, 0.1) is 0 Å². The second-order valence-electron chi connectivity index (χ2n) is 7.20. The average Bonchev–Trinajstić information content (AvgIpc) is 2.82. The molecule has 0 radical (unpaired) electrons. The van der Waals surface area contributed by atoms with E-state index in [1.54, 1.807) is 36.4 Å². The van der Waals surface area contributed by atoms with Crippen LogP contribution >= 0.6 is 22.6 Å². The van der Waals surface area contributed by atoms with Crippen molar-refractivity contribution in [2.24, 2.45) is 0 Å². The molecule has 10 nitrogen and oxygen atoms in total. The first-order valence-electron chi connectivity index (χ1n) is 10.2. The van der Waals surface area contributed by atoms with Gasteiger partial charge < -0.3 is 26.0 Å². The first kappa shape index (κ1) is 26.8. The first-order chi connectivity index (χ1) is 16.2. The summed E-state index contributed by atoms with van der Waals surface area (Å²) in [5.41, 5.74) is 2.17. The Morgan fingerprint density at radius 2 is 1.47 bits per heavy atom. The molecule has 0 unspecified atom stereocenters. The second kappa shape index (κ2) is 13.3. The van der Waals surface area contributed by atoms with Crippen LogP contribution in [0.5, 0.6) is 0 Å². The Bertz CT molecular complexity index is 1040. The Hall–Kier alpha value is -3.48. The van der Waals surface area contributed by atoms with E-state index in [4.69, 9.17) is 4.74 Å². The topological polar surface area (TPSA) is 143 Å². The van der Waals surface area contributed by atoms with Crippen LogP contribution in [0.1, 0.15) is 29.8 Å². The SMILES string of the molecule is CC(=O)OCc1ccc(NC(=O)[C@H](C)NC(=O)CNC(=O)c2ccc(NC(=O)CI)cc2)cc1. The summed E-state index contributed by atoms with van der Waals surface area (Å²) >= 11 is 1.94. The van der Waals surface area contributed by atoms with Gasteiger partial charge >= 0.3 is 5.97 Å². The molecule has 2 aromatic rings. The number of ether oxygens (including phenoxy) is 1. The number of hydrogen-bond acceptors (Lipinski definition) is 6. The van der Waals surface area contributed by atoms with E-state index in [1.807, 2.05) is 22.6 Å². The van der Waals surface area contributed by atoms with Crippen LogP contribution in [-0.2, 0) is 30.5 Å². The number of nitrogens with one attached hydrogen (secondary N) is 4. The third-order valence-electron chi connectivity index (χ3n) is 4.40. The lowest BCUT2D eigenvalue weighted by Gasteiger charge is -2.15. The minimum atomic E-state index is -0.842. The number of rotatable bonds is 10. The van der Waals surface area contributed by atoms with E-state index < -0.39 is 23.8 Å². The van der Waals surface area contributed by atoms with E-state index in [-0.39, 0.29) is 25.0 Å². The Labute approximate surface area is 210 Å². The molecule has 0 fully saturated rings. The molecule has 0 saturated carbocycles. The number of esters is 1. The number of carbonyl (C=O) groups is 5. The maximum atomic E-state index is 12.3. The van der Waals surface area contributed by atoms with Gasteiger partial charge in [0.1, 0.15) is 12.6 Å². The second-order valence-corrected chi connectivity index (χ2v) is 7.96. The number of benzene rings is 2. The number of carbonyl (C=O) groups excluding carboxylic acids is 5. The highest BCUT2D eigenvalue weighted by Crippen LogP contribution is 2.11. The zero-order chi connectivity index (χ0) is 25.1. The molecule has 1 atom stereocenters. The van der Waals surface area contributed by atoms with Crippen LogP contribution < -0.4 is 21.3 Å². The summed E-state index contributed by atoms with van der Waals surface area (Å²) in [6.45, 7) is 2.67. The molecule has 0 aliphatic carbocycles. The van der Waals surface area contributed by atoms with Gasteiger partial charge in [0.15, 0.2) is 0 Å². The quantitative estimate of drug-likeness (QED) is 0.193. The normalized spacial score (nSPS) is 11.0. The van der Waals surface area contributed by atoms with Crippen molar-refractivity contribution in [3.8, 4) is 0 Å². The highest BCUT2D eigenvalue weighted by molar-refractivity contribution is 14.1. The molecule has 11 heteroatoms. The molecule has 0 aromatic heterocycles. The number of anilines is 2. The molecule has 4 N–H and O–H groups in total. The van der Waals surface area contributed by atoms with E-state index in [2.05, 4.69) is 21.3 Å². The molecule has 2 rings (SSSR count). The van der Waals surface area contributed by atoms with Crippen LogP contribution in [-0.4, -0.2) is 46.6 Å². The van der Waals surface area contributed by atoms with Crippen molar-refractivity contribution in [2.45, 2.75) is 26.5 Å². The van der Waals surface area contributed by atoms with Gasteiger partial charge in [-0.05, 0) is 48.9 Å². The zero-order valence-electron chi connectivity index (χ0n) is 18.6. The van der Waals surface area contributed by atoms with E-state index in [1.165, 1.54) is 26.0 Å². The van der Waals surface area contributed by atoms with Gasteiger partial charge in [-0.3, -0.25) is 24.0 Å². The summed E-state index contributed by atoms with van der Waals surface area (Å²) in [4.78, 5) is 58.9. The van der Waals surface area contributed by atoms with Crippen LogP contribution in [0.3, 0.4) is 0 Å². The average molecular weight is 580 g/mol. The van der Waals surface area contributed by atoms with E-state index in [0.717, 1.165) is 5.56 Å². The van der Waals surface area contributed by atoms with Gasteiger partial charge in [-0.25, -0.2) is 0 Å². The lowest BCUT2D eigenvalue weighted by molar-refractivity contribution is -0.142. The predicted octanol–water partition coefficient (Wildman–Crippen LogP) is 2.00. The summed E-state index contributed by atoms with van der Waals surface area (Å²) in [6.07, 6.45) is 0. The summed E-state index contributed by atoms with van der Waals surface area (Å²) in [5.74, 6) is -1.96. The highest BCUT2D eigenvalue weighted by Gasteiger charge is 2.16. The molecule has 0 bridgehead atoms. The van der Waals surface area contributed by atoms with E-state index >= 15 is 0 Å². The monoisotopic (exact) mass is 580 g/mol. The number of halogens is 1. The minimum Gasteiger partial charge on any atom is -0.461 e. The van der Waals surface area contributed by atoms with Crippen molar-refractivity contribution < 1.29 is 28.7 Å². The number of hydrogen-bond donors (Lipinski definition) is 4. The molecular weight excluding hydrogens is 555 g/mol. The molecule has 180 valence electrons. The van der Waals surface area contributed by atoms with Crippen molar-refractivity contribution in [3.05, 3.63) is 59.7 Å². The lowest BCUT2D eigenvalue weighted by Crippen LogP contribution is -2.45. The van der Waals surface area contributed by atoms with Gasteiger partial charge in [0.25, 0.3) is 5.91 Å². The van der Waals surface area contributed by atoms with Gasteiger partial charge in [-0.1, -0.05) is 34.7 Å². The van der Waals surface area contributed by atoms with Gasteiger partial charge in [0, 0.05) is 23.9 Å². The van der Waals surface area contributed by atoms with Crippen molar-refractivity contribution >= 4 is 63.6 Å². The molecule has 2 aromatic carbocycles. The molecular formula is C23H25IN4O6.